The van der Waals surface area contributed by atoms with Gasteiger partial charge in [-0.05, 0) is 47.9 Å². The fourth-order valence-corrected chi connectivity index (χ4v) is 3.53. The number of pyridine rings is 1. The maximum Gasteiger partial charge on any atom is 0.219 e. The number of likely N-dealkylation sites (tertiary alicyclic amines) is 1. The molecule has 4 rings (SSSR count). The van der Waals surface area contributed by atoms with Gasteiger partial charge in [0.05, 0.1) is 23.4 Å². The van der Waals surface area contributed by atoms with Crippen molar-refractivity contribution in [3.05, 3.63) is 65.1 Å². The zero-order valence-corrected chi connectivity index (χ0v) is 16.2. The molecule has 7 nitrogen and oxygen atoms in total. The number of ether oxygens (including phenoxy) is 1. The number of benzene rings is 1. The highest BCUT2D eigenvalue weighted by Crippen LogP contribution is 2.33. The molecule has 1 amide bonds. The van der Waals surface area contributed by atoms with E-state index in [9.17, 15) is 9.90 Å². The van der Waals surface area contributed by atoms with Crippen LogP contribution in [0.4, 0.5) is 0 Å². The molecule has 1 aromatic heterocycles. The van der Waals surface area contributed by atoms with Crippen LogP contribution in [-0.4, -0.2) is 39.9 Å². The molecule has 2 aromatic rings. The summed E-state index contributed by atoms with van der Waals surface area (Å²) >= 11 is 0. The van der Waals surface area contributed by atoms with Gasteiger partial charge in [-0.25, -0.2) is 0 Å². The lowest BCUT2D eigenvalue weighted by molar-refractivity contribution is -0.133. The van der Waals surface area contributed by atoms with Crippen LogP contribution in [0.3, 0.4) is 0 Å². The molecule has 29 heavy (non-hydrogen) atoms. The van der Waals surface area contributed by atoms with Gasteiger partial charge >= 0.3 is 0 Å². The van der Waals surface area contributed by atoms with Crippen molar-refractivity contribution in [1.82, 2.24) is 15.3 Å². The molecule has 0 aliphatic carbocycles. The SMILES string of the molecule is CC(=O)N1CCC(O)(c2cccc(COc3ccc(C4=C=C=NN4)nc3)c2)CC1. The topological polar surface area (TPSA) is 87.1 Å². The van der Waals surface area contributed by atoms with E-state index in [4.69, 9.17) is 4.74 Å². The third-order valence-electron chi connectivity index (χ3n) is 5.30. The second-order valence-electron chi connectivity index (χ2n) is 7.24. The molecule has 1 saturated heterocycles. The van der Waals surface area contributed by atoms with Crippen molar-refractivity contribution >= 4 is 17.5 Å². The first-order valence-electron chi connectivity index (χ1n) is 9.54. The Labute approximate surface area is 169 Å². The number of nitrogens with one attached hydrogen (secondary N) is 1. The second-order valence-corrected chi connectivity index (χ2v) is 7.24. The van der Waals surface area contributed by atoms with E-state index >= 15 is 0 Å². The largest absolute Gasteiger partial charge is 0.487 e. The molecular weight excluding hydrogens is 368 g/mol. The van der Waals surface area contributed by atoms with Crippen LogP contribution in [0.2, 0.25) is 0 Å². The zero-order valence-electron chi connectivity index (χ0n) is 16.2. The summed E-state index contributed by atoms with van der Waals surface area (Å²) in [6.45, 7) is 3.07. The molecule has 148 valence electrons. The van der Waals surface area contributed by atoms with Gasteiger partial charge in [0.15, 0.2) is 0 Å². The Hall–Kier alpha value is -3.37. The Morgan fingerprint density at radius 1 is 1.31 bits per heavy atom. The monoisotopic (exact) mass is 390 g/mol. The molecule has 0 spiro atoms. The molecular formula is C22H22N4O3. The minimum Gasteiger partial charge on any atom is -0.487 e. The van der Waals surface area contributed by atoms with Gasteiger partial charge < -0.3 is 14.7 Å². The first kappa shape index (κ1) is 19.0. The second kappa shape index (κ2) is 7.94. The van der Waals surface area contributed by atoms with Crippen molar-refractivity contribution in [3.63, 3.8) is 0 Å². The molecule has 2 aliphatic heterocycles. The van der Waals surface area contributed by atoms with Crippen molar-refractivity contribution in [2.75, 3.05) is 13.1 Å². The Balaban J connectivity index is 1.40. The average Bonchev–Trinajstić information content (AvgIpc) is 3.28. The fourth-order valence-electron chi connectivity index (χ4n) is 3.53. The van der Waals surface area contributed by atoms with Crippen molar-refractivity contribution in [3.8, 4) is 5.75 Å². The standard InChI is InChI=1S/C22H22N4O3/c1-16(27)26-11-8-22(28,9-12-26)18-4-2-3-17(13-18)15-29-19-5-6-20(23-14-19)21-7-10-24-25-21/h2-6,13-14,25,28H,8-9,11-12,15H2,1H3. The van der Waals surface area contributed by atoms with Crippen LogP contribution in [0.1, 0.15) is 36.6 Å². The summed E-state index contributed by atoms with van der Waals surface area (Å²) in [7, 11) is 0. The van der Waals surface area contributed by atoms with Gasteiger partial charge in [0.1, 0.15) is 18.1 Å². The number of hydrazone groups is 1. The first-order valence-corrected chi connectivity index (χ1v) is 9.54. The van der Waals surface area contributed by atoms with Crippen molar-refractivity contribution < 1.29 is 14.6 Å². The van der Waals surface area contributed by atoms with Gasteiger partial charge in [-0.3, -0.25) is 15.2 Å². The number of nitrogens with zero attached hydrogens (tertiary/aromatic N) is 3. The molecule has 0 radical (unpaired) electrons. The molecule has 1 aromatic carbocycles. The summed E-state index contributed by atoms with van der Waals surface area (Å²) in [5.41, 5.74) is 7.91. The summed E-state index contributed by atoms with van der Waals surface area (Å²) in [5.74, 6) is 3.29. The van der Waals surface area contributed by atoms with Gasteiger partial charge in [0.2, 0.25) is 5.91 Å². The number of aromatic nitrogens is 1. The van der Waals surface area contributed by atoms with Crippen LogP contribution in [0.25, 0.3) is 5.70 Å². The quantitative estimate of drug-likeness (QED) is 0.764. The molecule has 0 bridgehead atoms. The van der Waals surface area contributed by atoms with Gasteiger partial charge in [0, 0.05) is 20.0 Å². The van der Waals surface area contributed by atoms with Crippen molar-refractivity contribution in [1.29, 1.82) is 0 Å². The highest BCUT2D eigenvalue weighted by Gasteiger charge is 2.34. The van der Waals surface area contributed by atoms with Crippen LogP contribution in [0.15, 0.2) is 53.4 Å². The summed E-state index contributed by atoms with van der Waals surface area (Å²) in [6.07, 6.45) is 2.72. The van der Waals surface area contributed by atoms with E-state index in [0.29, 0.717) is 49.7 Å². The molecule has 2 aliphatic rings. The smallest absolute Gasteiger partial charge is 0.219 e. The summed E-state index contributed by atoms with van der Waals surface area (Å²) < 4.78 is 5.85. The summed E-state index contributed by atoms with van der Waals surface area (Å²) in [4.78, 5) is 17.6. The molecule has 2 N–H and O–H groups in total. The highest BCUT2D eigenvalue weighted by molar-refractivity contribution is 5.73. The number of carbonyl (C=O) groups excluding carboxylic acids is 1. The van der Waals surface area contributed by atoms with Crippen LogP contribution in [-0.2, 0) is 17.0 Å². The molecule has 0 atom stereocenters. The van der Waals surface area contributed by atoms with Gasteiger partial charge in [-0.2, -0.15) is 0 Å². The van der Waals surface area contributed by atoms with Crippen LogP contribution in [0.5, 0.6) is 5.75 Å². The maximum atomic E-state index is 11.5. The number of hydrogen-bond acceptors (Lipinski definition) is 6. The zero-order chi connectivity index (χ0) is 20.3. The average molecular weight is 390 g/mol. The van der Waals surface area contributed by atoms with Crippen LogP contribution < -0.4 is 10.2 Å². The van der Waals surface area contributed by atoms with E-state index in [1.165, 1.54) is 0 Å². The molecule has 0 unspecified atom stereocenters. The van der Waals surface area contributed by atoms with E-state index in [1.54, 1.807) is 18.0 Å². The molecule has 3 heterocycles. The van der Waals surface area contributed by atoms with Gasteiger partial charge in [0.25, 0.3) is 0 Å². The van der Waals surface area contributed by atoms with Crippen LogP contribution >= 0.6 is 0 Å². The number of carbonyl (C=O) groups is 1. The minimum atomic E-state index is -0.914. The van der Waals surface area contributed by atoms with E-state index in [-0.39, 0.29) is 5.91 Å². The Morgan fingerprint density at radius 3 is 2.79 bits per heavy atom. The van der Waals surface area contributed by atoms with Gasteiger partial charge in [-0.15, -0.1) is 5.10 Å². The maximum absolute atomic E-state index is 11.5. The first-order chi connectivity index (χ1) is 14.0. The molecule has 0 saturated carbocycles. The summed E-state index contributed by atoms with van der Waals surface area (Å²) in [5, 5.41) is 14.8. The van der Waals surface area contributed by atoms with E-state index < -0.39 is 5.60 Å². The lowest BCUT2D eigenvalue weighted by Gasteiger charge is -2.38. The lowest BCUT2D eigenvalue weighted by Crippen LogP contribution is -2.44. The highest BCUT2D eigenvalue weighted by atomic mass is 16.5. The minimum absolute atomic E-state index is 0.0531. The Morgan fingerprint density at radius 2 is 2.14 bits per heavy atom. The van der Waals surface area contributed by atoms with E-state index in [1.807, 2.05) is 36.4 Å². The van der Waals surface area contributed by atoms with E-state index in [2.05, 4.69) is 27.1 Å². The fraction of sp³-hybridized carbons (Fsp3) is 0.318. The number of rotatable bonds is 5. The Kier molecular flexibility index (Phi) is 5.19. The number of piperidine rings is 1. The van der Waals surface area contributed by atoms with Crippen molar-refractivity contribution in [2.24, 2.45) is 5.10 Å². The Bertz CT molecular complexity index is 1010. The number of amides is 1. The number of hydrogen-bond donors (Lipinski definition) is 2. The lowest BCUT2D eigenvalue weighted by atomic mass is 9.84. The van der Waals surface area contributed by atoms with E-state index in [0.717, 1.165) is 11.1 Å². The molecule has 1 fully saturated rings. The normalized spacial score (nSPS) is 17.0. The number of aliphatic hydroxyl groups is 1. The molecule has 7 heteroatoms. The van der Waals surface area contributed by atoms with Crippen LogP contribution in [0, 0.1) is 0 Å². The predicted octanol–water partition coefficient (Wildman–Crippen LogP) is 2.17. The summed E-state index contributed by atoms with van der Waals surface area (Å²) in [6, 6.07) is 11.5. The predicted molar refractivity (Wildman–Crippen MR) is 108 cm³/mol. The van der Waals surface area contributed by atoms with Crippen molar-refractivity contribution in [2.45, 2.75) is 32.0 Å². The third kappa shape index (κ3) is 4.23. The third-order valence-corrected chi connectivity index (χ3v) is 5.30. The van der Waals surface area contributed by atoms with Gasteiger partial charge in [-0.1, -0.05) is 18.2 Å².